The number of ether oxygens (including phenoxy) is 2. The molecule has 2 amide bonds. The minimum atomic E-state index is -1.54. The predicted octanol–water partition coefficient (Wildman–Crippen LogP) is 3.00. The van der Waals surface area contributed by atoms with Gasteiger partial charge in [-0.15, -0.1) is 0 Å². The van der Waals surface area contributed by atoms with E-state index in [0.29, 0.717) is 45.4 Å². The van der Waals surface area contributed by atoms with Gasteiger partial charge in [0.25, 0.3) is 0 Å². The number of cyclic esters (lactones) is 1. The maximum absolute atomic E-state index is 13.8. The molecular weight excluding hydrogens is 389 g/mol. The van der Waals surface area contributed by atoms with Crippen LogP contribution in [0.4, 0.5) is 18.0 Å². The first-order valence-corrected chi connectivity index (χ1v) is 9.82. The number of halogens is 3. The Morgan fingerprint density at radius 3 is 2.55 bits per heavy atom. The zero-order valence-corrected chi connectivity index (χ0v) is 16.1. The van der Waals surface area contributed by atoms with Crippen molar-refractivity contribution < 1.29 is 32.2 Å². The molecule has 158 valence electrons. The Morgan fingerprint density at radius 1 is 1.24 bits per heavy atom. The number of piperidine rings is 1. The molecular formula is C20H23F3N2O4. The zero-order valence-electron chi connectivity index (χ0n) is 16.1. The van der Waals surface area contributed by atoms with E-state index in [0.717, 1.165) is 12.1 Å². The number of hydrogen-bond acceptors (Lipinski definition) is 4. The van der Waals surface area contributed by atoms with E-state index >= 15 is 0 Å². The first-order valence-electron chi connectivity index (χ1n) is 9.82. The fourth-order valence-electron chi connectivity index (χ4n) is 4.51. The van der Waals surface area contributed by atoms with Gasteiger partial charge in [-0.2, -0.15) is 4.39 Å². The Bertz CT molecular complexity index is 820. The standard InChI is InChI=1S/C20H23F3N2O4/c1-11(29-15-3-2-14(21)16(22)17(15)23)12-4-6-25(7-5-12)18(26)13-8-20(9-13)10-28-19(27)24-20/h2-3,11-13H,4-10H2,1H3,(H,24,27)/t11?,13-,20+. The molecule has 2 saturated heterocycles. The SMILES string of the molecule is CC(Oc1ccc(F)c(F)c1F)C1CCN(C(=O)[C@H]2C[C@]3(COC(=O)N3)C2)CC1. The van der Waals surface area contributed by atoms with E-state index in [4.69, 9.17) is 9.47 Å². The van der Waals surface area contributed by atoms with Gasteiger partial charge in [-0.3, -0.25) is 4.79 Å². The summed E-state index contributed by atoms with van der Waals surface area (Å²) in [4.78, 5) is 25.7. The number of benzene rings is 1. The molecule has 4 rings (SSSR count). The molecule has 29 heavy (non-hydrogen) atoms. The Hall–Kier alpha value is -2.45. The largest absolute Gasteiger partial charge is 0.487 e. The number of nitrogens with one attached hydrogen (secondary N) is 1. The van der Waals surface area contributed by atoms with Crippen molar-refractivity contribution in [1.82, 2.24) is 10.2 Å². The van der Waals surface area contributed by atoms with Gasteiger partial charge in [0, 0.05) is 19.0 Å². The number of hydrogen-bond donors (Lipinski definition) is 1. The number of amides is 2. The highest BCUT2D eigenvalue weighted by Gasteiger charge is 2.53. The van der Waals surface area contributed by atoms with Crippen LogP contribution in [0, 0.1) is 29.3 Å². The number of nitrogens with zero attached hydrogens (tertiary/aromatic N) is 1. The van der Waals surface area contributed by atoms with Crippen LogP contribution in [0.5, 0.6) is 5.75 Å². The second-order valence-electron chi connectivity index (χ2n) is 8.25. The van der Waals surface area contributed by atoms with Crippen molar-refractivity contribution in [3.63, 3.8) is 0 Å². The predicted molar refractivity (Wildman–Crippen MR) is 95.6 cm³/mol. The van der Waals surface area contributed by atoms with Crippen LogP contribution in [0.2, 0.25) is 0 Å². The Labute approximate surface area is 166 Å². The smallest absolute Gasteiger partial charge is 0.407 e. The van der Waals surface area contributed by atoms with E-state index in [1.807, 2.05) is 4.90 Å². The summed E-state index contributed by atoms with van der Waals surface area (Å²) in [6, 6.07) is 1.92. The summed E-state index contributed by atoms with van der Waals surface area (Å²) in [5, 5.41) is 2.78. The highest BCUT2D eigenvalue weighted by atomic mass is 19.2. The summed E-state index contributed by atoms with van der Waals surface area (Å²) >= 11 is 0. The van der Waals surface area contributed by atoms with Gasteiger partial charge in [-0.25, -0.2) is 13.6 Å². The second kappa shape index (κ2) is 7.42. The molecule has 1 saturated carbocycles. The molecule has 2 aliphatic heterocycles. The average Bonchev–Trinajstić information content (AvgIpc) is 3.09. The minimum absolute atomic E-state index is 0.0711. The molecule has 0 aromatic heterocycles. The van der Waals surface area contributed by atoms with Gasteiger partial charge >= 0.3 is 6.09 Å². The molecule has 1 N–H and O–H groups in total. The number of alkyl carbamates (subject to hydrolysis) is 1. The summed E-state index contributed by atoms with van der Waals surface area (Å²) in [5.41, 5.74) is -0.382. The number of carbonyl (C=O) groups is 2. The molecule has 2 heterocycles. The van der Waals surface area contributed by atoms with Gasteiger partial charge in [0.05, 0.1) is 11.6 Å². The third-order valence-electron chi connectivity index (χ3n) is 6.30. The van der Waals surface area contributed by atoms with E-state index in [1.165, 1.54) is 0 Å². The Kier molecular flexibility index (Phi) is 5.08. The quantitative estimate of drug-likeness (QED) is 0.772. The van der Waals surface area contributed by atoms with Crippen molar-refractivity contribution in [1.29, 1.82) is 0 Å². The van der Waals surface area contributed by atoms with E-state index in [2.05, 4.69) is 5.32 Å². The molecule has 1 unspecified atom stereocenters. The fraction of sp³-hybridized carbons (Fsp3) is 0.600. The van der Waals surface area contributed by atoms with Crippen LogP contribution in [-0.4, -0.2) is 48.2 Å². The van der Waals surface area contributed by atoms with Crippen molar-refractivity contribution in [2.24, 2.45) is 11.8 Å². The van der Waals surface area contributed by atoms with Crippen molar-refractivity contribution in [2.75, 3.05) is 19.7 Å². The van der Waals surface area contributed by atoms with E-state index in [-0.39, 0.29) is 29.0 Å². The third-order valence-corrected chi connectivity index (χ3v) is 6.30. The van der Waals surface area contributed by atoms with Crippen LogP contribution in [0.1, 0.15) is 32.6 Å². The Balaban J connectivity index is 1.27. The maximum Gasteiger partial charge on any atom is 0.407 e. The summed E-state index contributed by atoms with van der Waals surface area (Å²) < 4.78 is 50.7. The number of likely N-dealkylation sites (tertiary alicyclic amines) is 1. The molecule has 3 fully saturated rings. The zero-order chi connectivity index (χ0) is 20.8. The molecule has 6 nitrogen and oxygen atoms in total. The van der Waals surface area contributed by atoms with E-state index in [9.17, 15) is 22.8 Å². The molecule has 3 aliphatic rings. The van der Waals surface area contributed by atoms with Gasteiger partial charge < -0.3 is 19.7 Å². The average molecular weight is 412 g/mol. The monoisotopic (exact) mass is 412 g/mol. The van der Waals surface area contributed by atoms with Crippen molar-refractivity contribution in [3.05, 3.63) is 29.6 Å². The van der Waals surface area contributed by atoms with E-state index < -0.39 is 29.6 Å². The van der Waals surface area contributed by atoms with Gasteiger partial charge in [0.1, 0.15) is 6.61 Å². The van der Waals surface area contributed by atoms with Crippen molar-refractivity contribution in [3.8, 4) is 5.75 Å². The topological polar surface area (TPSA) is 67.9 Å². The first kappa shape index (κ1) is 19.8. The summed E-state index contributed by atoms with van der Waals surface area (Å²) in [6.45, 7) is 3.20. The van der Waals surface area contributed by atoms with Crippen LogP contribution in [0.3, 0.4) is 0 Å². The van der Waals surface area contributed by atoms with Crippen LogP contribution in [0.15, 0.2) is 12.1 Å². The minimum Gasteiger partial charge on any atom is -0.487 e. The van der Waals surface area contributed by atoms with Gasteiger partial charge in [0.15, 0.2) is 17.4 Å². The summed E-state index contributed by atoms with van der Waals surface area (Å²) in [5.74, 6) is -4.40. The van der Waals surface area contributed by atoms with Gasteiger partial charge in [-0.05, 0) is 50.7 Å². The second-order valence-corrected chi connectivity index (χ2v) is 8.25. The molecule has 1 aromatic rings. The molecule has 0 bridgehead atoms. The summed E-state index contributed by atoms with van der Waals surface area (Å²) in [6.07, 6.45) is 1.71. The highest BCUT2D eigenvalue weighted by molar-refractivity contribution is 5.81. The molecule has 1 atom stereocenters. The molecule has 1 spiro atoms. The van der Waals surface area contributed by atoms with Crippen molar-refractivity contribution in [2.45, 2.75) is 44.2 Å². The third kappa shape index (κ3) is 3.74. The highest BCUT2D eigenvalue weighted by Crippen LogP contribution is 2.42. The lowest BCUT2D eigenvalue weighted by Gasteiger charge is -2.45. The number of carbonyl (C=O) groups excluding carboxylic acids is 2. The van der Waals surface area contributed by atoms with Crippen molar-refractivity contribution >= 4 is 12.0 Å². The van der Waals surface area contributed by atoms with Gasteiger partial charge in [0.2, 0.25) is 11.7 Å². The summed E-state index contributed by atoms with van der Waals surface area (Å²) in [7, 11) is 0. The lowest BCUT2D eigenvalue weighted by molar-refractivity contribution is -0.143. The lowest BCUT2D eigenvalue weighted by atomic mass is 9.68. The van der Waals surface area contributed by atoms with Gasteiger partial charge in [-0.1, -0.05) is 0 Å². The van der Waals surface area contributed by atoms with Crippen LogP contribution >= 0.6 is 0 Å². The van der Waals surface area contributed by atoms with Crippen LogP contribution in [-0.2, 0) is 9.53 Å². The lowest BCUT2D eigenvalue weighted by Crippen LogP contribution is -2.58. The molecule has 1 aliphatic carbocycles. The van der Waals surface area contributed by atoms with Crippen LogP contribution < -0.4 is 10.1 Å². The molecule has 0 radical (unpaired) electrons. The molecule has 1 aromatic carbocycles. The van der Waals surface area contributed by atoms with Crippen LogP contribution in [0.25, 0.3) is 0 Å². The normalized spacial score (nSPS) is 27.9. The number of rotatable bonds is 4. The fourth-order valence-corrected chi connectivity index (χ4v) is 4.51. The van der Waals surface area contributed by atoms with E-state index in [1.54, 1.807) is 6.92 Å². The first-order chi connectivity index (χ1) is 13.8. The maximum atomic E-state index is 13.8. The Morgan fingerprint density at radius 2 is 1.93 bits per heavy atom. The molecule has 9 heteroatoms.